The first-order chi connectivity index (χ1) is 11.4. The van der Waals surface area contributed by atoms with Gasteiger partial charge in [-0.15, -0.1) is 0 Å². The number of amides is 1. The van der Waals surface area contributed by atoms with Gasteiger partial charge >= 0.3 is 5.97 Å². The lowest BCUT2D eigenvalue weighted by atomic mass is 10.0. The largest absolute Gasteiger partial charge is 0.478 e. The van der Waals surface area contributed by atoms with E-state index >= 15 is 0 Å². The third-order valence-electron chi connectivity index (χ3n) is 3.99. The van der Waals surface area contributed by atoms with Crippen LogP contribution in [0, 0.1) is 12.7 Å². The first kappa shape index (κ1) is 17.7. The van der Waals surface area contributed by atoms with E-state index in [2.05, 4.69) is 0 Å². The molecule has 0 spiro atoms. The van der Waals surface area contributed by atoms with Gasteiger partial charge in [0.25, 0.3) is 0 Å². The van der Waals surface area contributed by atoms with Crippen LogP contribution < -0.4 is 0 Å². The Hall–Kier alpha value is -2.69. The van der Waals surface area contributed by atoms with Gasteiger partial charge in [-0.25, -0.2) is 9.18 Å². The van der Waals surface area contributed by atoms with Crippen molar-refractivity contribution >= 4 is 11.9 Å². The summed E-state index contributed by atoms with van der Waals surface area (Å²) >= 11 is 0. The molecule has 0 heterocycles. The Kier molecular flexibility index (Phi) is 5.68. The van der Waals surface area contributed by atoms with E-state index in [4.69, 9.17) is 5.11 Å². The van der Waals surface area contributed by atoms with Crippen LogP contribution >= 0.6 is 0 Å². The third-order valence-corrected chi connectivity index (χ3v) is 3.99. The molecule has 0 aliphatic rings. The van der Waals surface area contributed by atoms with Crippen molar-refractivity contribution in [2.45, 2.75) is 26.3 Å². The number of carbonyl (C=O) groups excluding carboxylic acids is 1. The molecule has 0 aliphatic carbocycles. The van der Waals surface area contributed by atoms with Crippen LogP contribution in [0.5, 0.6) is 0 Å². The van der Waals surface area contributed by atoms with E-state index in [1.807, 2.05) is 0 Å². The highest BCUT2D eigenvalue weighted by molar-refractivity contribution is 5.89. The molecule has 0 fully saturated rings. The van der Waals surface area contributed by atoms with Crippen LogP contribution in [0.3, 0.4) is 0 Å². The number of nitrogens with zero attached hydrogens (tertiary/aromatic N) is 1. The molecule has 2 aromatic carbocycles. The number of aromatic carboxylic acids is 1. The third kappa shape index (κ3) is 4.41. The average molecular weight is 329 g/mol. The van der Waals surface area contributed by atoms with Crippen molar-refractivity contribution in [1.29, 1.82) is 0 Å². The highest BCUT2D eigenvalue weighted by Crippen LogP contribution is 2.15. The highest BCUT2D eigenvalue weighted by Gasteiger charge is 2.14. The van der Waals surface area contributed by atoms with Crippen molar-refractivity contribution in [3.8, 4) is 0 Å². The van der Waals surface area contributed by atoms with Crippen LogP contribution in [0.2, 0.25) is 0 Å². The molecule has 0 aromatic heterocycles. The van der Waals surface area contributed by atoms with Crippen LogP contribution in [0.25, 0.3) is 0 Å². The summed E-state index contributed by atoms with van der Waals surface area (Å²) in [5.41, 5.74) is 2.55. The van der Waals surface area contributed by atoms with E-state index in [0.717, 1.165) is 11.1 Å². The zero-order chi connectivity index (χ0) is 17.7. The predicted molar refractivity (Wildman–Crippen MR) is 89.3 cm³/mol. The quantitative estimate of drug-likeness (QED) is 0.883. The van der Waals surface area contributed by atoms with Crippen LogP contribution in [-0.4, -0.2) is 28.9 Å². The average Bonchev–Trinajstić information content (AvgIpc) is 2.55. The number of halogens is 1. The van der Waals surface area contributed by atoms with Crippen LogP contribution in [0.15, 0.2) is 42.5 Å². The normalized spacial score (nSPS) is 10.5. The van der Waals surface area contributed by atoms with E-state index in [0.29, 0.717) is 18.5 Å². The summed E-state index contributed by atoms with van der Waals surface area (Å²) in [5.74, 6) is -1.37. The lowest BCUT2D eigenvalue weighted by molar-refractivity contribution is -0.130. The second kappa shape index (κ2) is 7.73. The lowest BCUT2D eigenvalue weighted by Crippen LogP contribution is -2.27. The fourth-order valence-corrected chi connectivity index (χ4v) is 2.56. The molecule has 2 rings (SSSR count). The van der Waals surface area contributed by atoms with Gasteiger partial charge in [0, 0.05) is 20.0 Å². The molecule has 0 aliphatic heterocycles. The van der Waals surface area contributed by atoms with Crippen molar-refractivity contribution in [1.82, 2.24) is 4.90 Å². The van der Waals surface area contributed by atoms with Crippen molar-refractivity contribution in [2.24, 2.45) is 0 Å². The minimum absolute atomic E-state index is 0.0843. The molecule has 0 saturated carbocycles. The van der Waals surface area contributed by atoms with Crippen LogP contribution in [0.1, 0.15) is 33.5 Å². The molecule has 5 heteroatoms. The summed E-state index contributed by atoms with van der Waals surface area (Å²) in [6.45, 7) is 2.20. The smallest absolute Gasteiger partial charge is 0.335 e. The number of carbonyl (C=O) groups is 2. The van der Waals surface area contributed by atoms with Crippen molar-refractivity contribution in [3.63, 3.8) is 0 Å². The summed E-state index contributed by atoms with van der Waals surface area (Å²) in [4.78, 5) is 25.0. The van der Waals surface area contributed by atoms with E-state index in [1.165, 1.54) is 18.2 Å². The van der Waals surface area contributed by atoms with E-state index in [9.17, 15) is 14.0 Å². The Morgan fingerprint density at radius 3 is 2.50 bits per heavy atom. The van der Waals surface area contributed by atoms with E-state index in [-0.39, 0.29) is 23.7 Å². The maximum absolute atomic E-state index is 13.1. The second-order valence-corrected chi connectivity index (χ2v) is 5.78. The number of carboxylic acids is 1. The number of benzene rings is 2. The Morgan fingerprint density at radius 1 is 1.12 bits per heavy atom. The van der Waals surface area contributed by atoms with Crippen molar-refractivity contribution in [2.75, 3.05) is 7.05 Å². The zero-order valence-electron chi connectivity index (χ0n) is 13.8. The predicted octanol–water partition coefficient (Wildman–Crippen LogP) is 3.42. The summed E-state index contributed by atoms with van der Waals surface area (Å²) in [7, 11) is 1.69. The van der Waals surface area contributed by atoms with Crippen LogP contribution in [0.4, 0.5) is 4.39 Å². The maximum Gasteiger partial charge on any atom is 0.335 e. The molecule has 4 nitrogen and oxygen atoms in total. The molecular formula is C19H20FNO3. The Balaban J connectivity index is 1.98. The zero-order valence-corrected chi connectivity index (χ0v) is 13.8. The summed E-state index contributed by atoms with van der Waals surface area (Å²) in [6.07, 6.45) is 0.592. The number of hydrogen-bond donors (Lipinski definition) is 1. The van der Waals surface area contributed by atoms with Crippen LogP contribution in [-0.2, 0) is 17.8 Å². The Labute approximate surface area is 140 Å². The Morgan fingerprint density at radius 2 is 1.83 bits per heavy atom. The minimum Gasteiger partial charge on any atom is -0.478 e. The highest BCUT2D eigenvalue weighted by atomic mass is 19.1. The molecule has 0 unspecified atom stereocenters. The molecule has 1 amide bonds. The topological polar surface area (TPSA) is 57.6 Å². The molecule has 0 atom stereocenters. The van der Waals surface area contributed by atoms with Gasteiger partial charge in [0.1, 0.15) is 5.82 Å². The van der Waals surface area contributed by atoms with E-state index in [1.54, 1.807) is 43.1 Å². The minimum atomic E-state index is -0.992. The van der Waals surface area contributed by atoms with Gasteiger partial charge in [-0.3, -0.25) is 4.79 Å². The molecule has 1 N–H and O–H groups in total. The maximum atomic E-state index is 13.1. The van der Waals surface area contributed by atoms with Gasteiger partial charge < -0.3 is 10.0 Å². The second-order valence-electron chi connectivity index (χ2n) is 5.78. The van der Waals surface area contributed by atoms with Gasteiger partial charge in [0.2, 0.25) is 5.91 Å². The number of hydrogen-bond acceptors (Lipinski definition) is 2. The van der Waals surface area contributed by atoms with Gasteiger partial charge in [-0.05, 0) is 48.2 Å². The summed E-state index contributed by atoms with van der Waals surface area (Å²) < 4.78 is 13.1. The van der Waals surface area contributed by atoms with Gasteiger partial charge in [0.15, 0.2) is 0 Å². The molecule has 0 saturated heterocycles. The molecule has 2 aromatic rings. The summed E-state index contributed by atoms with van der Waals surface area (Å²) in [6, 6.07) is 11.2. The molecule has 24 heavy (non-hydrogen) atoms. The SMILES string of the molecule is Cc1cc(F)ccc1CN(C)C(=O)CCc1ccccc1C(=O)O. The standard InChI is InChI=1S/C19H20FNO3/c1-13-11-16(20)9-7-15(13)12-21(2)18(22)10-8-14-5-3-4-6-17(14)19(23)24/h3-7,9,11H,8,10,12H2,1-2H3,(H,23,24). The van der Waals surface area contributed by atoms with Gasteiger partial charge in [-0.1, -0.05) is 24.3 Å². The number of carboxylic acid groups (broad SMARTS) is 1. The van der Waals surface area contributed by atoms with Gasteiger partial charge in [0.05, 0.1) is 5.56 Å². The van der Waals surface area contributed by atoms with E-state index < -0.39 is 5.97 Å². The molecular weight excluding hydrogens is 309 g/mol. The first-order valence-corrected chi connectivity index (χ1v) is 7.68. The fourth-order valence-electron chi connectivity index (χ4n) is 2.56. The number of rotatable bonds is 6. The van der Waals surface area contributed by atoms with Gasteiger partial charge in [-0.2, -0.15) is 0 Å². The number of aryl methyl sites for hydroxylation is 2. The molecule has 0 bridgehead atoms. The summed E-state index contributed by atoms with van der Waals surface area (Å²) in [5, 5.41) is 9.16. The van der Waals surface area contributed by atoms with Crippen molar-refractivity contribution < 1.29 is 19.1 Å². The fraction of sp³-hybridized carbons (Fsp3) is 0.263. The monoisotopic (exact) mass is 329 g/mol. The lowest BCUT2D eigenvalue weighted by Gasteiger charge is -2.19. The Bertz CT molecular complexity index is 758. The molecule has 0 radical (unpaired) electrons. The molecule has 126 valence electrons. The van der Waals surface area contributed by atoms with Crippen molar-refractivity contribution in [3.05, 3.63) is 70.5 Å². The first-order valence-electron chi connectivity index (χ1n) is 7.68.